The van der Waals surface area contributed by atoms with Gasteiger partial charge in [0, 0.05) is 62.8 Å². The van der Waals surface area contributed by atoms with Crippen molar-refractivity contribution in [3.05, 3.63) is 92.5 Å². The van der Waals surface area contributed by atoms with Crippen LogP contribution in [0.3, 0.4) is 0 Å². The number of nitrogens with zero attached hydrogens (tertiary/aromatic N) is 5. The number of pyridine rings is 1. The summed E-state index contributed by atoms with van der Waals surface area (Å²) in [5.41, 5.74) is 2.80. The van der Waals surface area contributed by atoms with Crippen LogP contribution in [-0.2, 0) is 6.54 Å². The zero-order chi connectivity index (χ0) is 35.1. The number of anilines is 2. The molecule has 5 rings (SSSR count). The van der Waals surface area contributed by atoms with Crippen molar-refractivity contribution in [3.63, 3.8) is 0 Å². The summed E-state index contributed by atoms with van der Waals surface area (Å²) in [7, 11) is 3.32. The second kappa shape index (κ2) is 16.1. The number of hydrogen-bond acceptors (Lipinski definition) is 7. The van der Waals surface area contributed by atoms with Crippen molar-refractivity contribution in [2.75, 3.05) is 50.9 Å². The van der Waals surface area contributed by atoms with Gasteiger partial charge in [-0.15, -0.1) is 0 Å². The number of aromatic nitrogens is 3. The van der Waals surface area contributed by atoms with Gasteiger partial charge in [0.15, 0.2) is 0 Å². The SMILES string of the molecule is CCn1nc(-c2cccc(-c3cc(C(=O)NCCN4CCCCC4)cc(C(=O)N(C)C)c3)c2)cc(NC(=O)Nc2c(Cl)cncc2Cl)c1=O. The Balaban J connectivity index is 1.44. The quantitative estimate of drug-likeness (QED) is 0.188. The van der Waals surface area contributed by atoms with E-state index in [9.17, 15) is 19.2 Å². The summed E-state index contributed by atoms with van der Waals surface area (Å²) < 4.78 is 1.24. The Morgan fingerprint density at radius 3 is 2.27 bits per heavy atom. The smallest absolute Gasteiger partial charge is 0.323 e. The van der Waals surface area contributed by atoms with Gasteiger partial charge >= 0.3 is 6.03 Å². The second-order valence-corrected chi connectivity index (χ2v) is 12.7. The van der Waals surface area contributed by atoms with E-state index in [2.05, 4.69) is 30.9 Å². The Morgan fingerprint density at radius 2 is 1.57 bits per heavy atom. The number of halogens is 2. The van der Waals surface area contributed by atoms with Gasteiger partial charge in [-0.2, -0.15) is 5.10 Å². The zero-order valence-electron chi connectivity index (χ0n) is 27.6. The summed E-state index contributed by atoms with van der Waals surface area (Å²) in [6, 6.07) is 13.2. The number of carbonyl (C=O) groups excluding carboxylic acids is 3. The van der Waals surface area contributed by atoms with Crippen LogP contribution >= 0.6 is 23.2 Å². The van der Waals surface area contributed by atoms with Crippen LogP contribution in [0.25, 0.3) is 22.4 Å². The standard InChI is InChI=1S/C35H38Cl2N8O4/c1-4-45-34(48)30(40-35(49)41-31-27(36)20-38-21-28(31)37)19-29(42-45)23-10-8-9-22(15-23)24-16-25(18-26(17-24)33(47)43(2)3)32(46)39-11-14-44-12-6-5-7-13-44/h8-10,15-21H,4-7,11-14H2,1-3H3,(H,39,46)(H2,38,40,41,49). The highest BCUT2D eigenvalue weighted by atomic mass is 35.5. The third-order valence-electron chi connectivity index (χ3n) is 8.12. The van der Waals surface area contributed by atoms with Gasteiger partial charge in [0.2, 0.25) is 0 Å². The lowest BCUT2D eigenvalue weighted by Gasteiger charge is -2.26. The van der Waals surface area contributed by atoms with Gasteiger partial charge in [-0.3, -0.25) is 19.4 Å². The first kappa shape index (κ1) is 35.5. The molecule has 2 aromatic carbocycles. The van der Waals surface area contributed by atoms with E-state index in [1.807, 2.05) is 24.3 Å². The molecule has 14 heteroatoms. The molecule has 0 radical (unpaired) electrons. The number of urea groups is 1. The van der Waals surface area contributed by atoms with Gasteiger partial charge in [-0.05, 0) is 74.3 Å². The minimum absolute atomic E-state index is 0.0156. The molecule has 256 valence electrons. The summed E-state index contributed by atoms with van der Waals surface area (Å²) in [5.74, 6) is -0.497. The van der Waals surface area contributed by atoms with Crippen LogP contribution in [0.5, 0.6) is 0 Å². The van der Waals surface area contributed by atoms with Crippen LogP contribution < -0.4 is 21.5 Å². The molecule has 0 saturated carbocycles. The Hall–Kier alpha value is -4.78. The van der Waals surface area contributed by atoms with Crippen LogP contribution in [0.1, 0.15) is 46.9 Å². The number of piperidine rings is 1. The van der Waals surface area contributed by atoms with E-state index >= 15 is 0 Å². The number of benzene rings is 2. The van der Waals surface area contributed by atoms with Crippen LogP contribution in [-0.4, -0.2) is 82.7 Å². The molecule has 12 nitrogen and oxygen atoms in total. The maximum atomic E-state index is 13.3. The normalized spacial score (nSPS) is 13.1. The molecular formula is C35H38Cl2N8O4. The molecule has 1 fully saturated rings. The first-order valence-corrected chi connectivity index (χ1v) is 16.8. The first-order valence-electron chi connectivity index (χ1n) is 16.0. The summed E-state index contributed by atoms with van der Waals surface area (Å²) in [5, 5.41) is 12.9. The lowest BCUT2D eigenvalue weighted by molar-refractivity contribution is 0.0827. The molecule has 0 bridgehead atoms. The topological polar surface area (TPSA) is 142 Å². The number of amides is 4. The van der Waals surface area contributed by atoms with Crippen molar-refractivity contribution in [1.82, 2.24) is 29.9 Å². The molecule has 3 N–H and O–H groups in total. The molecule has 0 aliphatic carbocycles. The summed E-state index contributed by atoms with van der Waals surface area (Å²) in [4.78, 5) is 60.1. The van der Waals surface area contributed by atoms with Crippen molar-refractivity contribution in [1.29, 1.82) is 0 Å². The van der Waals surface area contributed by atoms with Gasteiger partial charge in [0.1, 0.15) is 5.69 Å². The molecule has 3 heterocycles. The molecule has 0 atom stereocenters. The molecule has 0 spiro atoms. The summed E-state index contributed by atoms with van der Waals surface area (Å²) >= 11 is 12.3. The average molecular weight is 706 g/mol. The minimum atomic E-state index is -0.732. The summed E-state index contributed by atoms with van der Waals surface area (Å²) in [6.45, 7) is 5.36. The van der Waals surface area contributed by atoms with E-state index in [0.717, 1.165) is 25.2 Å². The molecule has 1 saturated heterocycles. The fraction of sp³-hybridized carbons (Fsp3) is 0.314. The van der Waals surface area contributed by atoms with Crippen molar-refractivity contribution in [2.24, 2.45) is 0 Å². The van der Waals surface area contributed by atoms with E-state index in [-0.39, 0.29) is 39.8 Å². The maximum absolute atomic E-state index is 13.3. The molecule has 4 aromatic rings. The number of rotatable bonds is 10. The van der Waals surface area contributed by atoms with Crippen LogP contribution in [0.4, 0.5) is 16.2 Å². The Labute approximate surface area is 294 Å². The van der Waals surface area contributed by atoms with Gasteiger partial charge in [-0.25, -0.2) is 9.48 Å². The van der Waals surface area contributed by atoms with E-state index in [4.69, 9.17) is 23.2 Å². The van der Waals surface area contributed by atoms with Crippen LogP contribution in [0, 0.1) is 0 Å². The zero-order valence-corrected chi connectivity index (χ0v) is 29.1. The number of hydrogen-bond donors (Lipinski definition) is 3. The number of aryl methyl sites for hydroxylation is 1. The van der Waals surface area contributed by atoms with E-state index < -0.39 is 11.6 Å². The molecule has 4 amide bonds. The van der Waals surface area contributed by atoms with E-state index in [1.54, 1.807) is 39.2 Å². The van der Waals surface area contributed by atoms with Gasteiger partial charge < -0.3 is 25.8 Å². The lowest BCUT2D eigenvalue weighted by Crippen LogP contribution is -2.37. The minimum Gasteiger partial charge on any atom is -0.351 e. The van der Waals surface area contributed by atoms with E-state index in [1.165, 1.54) is 47.3 Å². The van der Waals surface area contributed by atoms with Crippen molar-refractivity contribution >= 4 is 52.4 Å². The summed E-state index contributed by atoms with van der Waals surface area (Å²) in [6.07, 6.45) is 6.26. The Kier molecular flexibility index (Phi) is 11.7. The van der Waals surface area contributed by atoms with Crippen LogP contribution in [0.2, 0.25) is 10.0 Å². The Bertz CT molecular complexity index is 1900. The highest BCUT2D eigenvalue weighted by molar-refractivity contribution is 6.39. The fourth-order valence-corrected chi connectivity index (χ4v) is 6.02. The highest BCUT2D eigenvalue weighted by Gasteiger charge is 2.18. The van der Waals surface area contributed by atoms with Gasteiger partial charge in [0.25, 0.3) is 17.4 Å². The molecule has 0 unspecified atom stereocenters. The third kappa shape index (κ3) is 8.83. The number of carbonyl (C=O) groups is 3. The average Bonchev–Trinajstić information content (AvgIpc) is 3.10. The van der Waals surface area contributed by atoms with Crippen molar-refractivity contribution in [2.45, 2.75) is 32.7 Å². The van der Waals surface area contributed by atoms with E-state index in [0.29, 0.717) is 34.5 Å². The van der Waals surface area contributed by atoms with Crippen molar-refractivity contribution < 1.29 is 14.4 Å². The predicted octanol–water partition coefficient (Wildman–Crippen LogP) is 5.86. The van der Waals surface area contributed by atoms with Gasteiger partial charge in [-0.1, -0.05) is 47.8 Å². The number of likely N-dealkylation sites (tertiary alicyclic amines) is 1. The molecule has 2 aromatic heterocycles. The highest BCUT2D eigenvalue weighted by Crippen LogP contribution is 2.30. The molecule has 1 aliphatic heterocycles. The fourth-order valence-electron chi connectivity index (χ4n) is 5.56. The predicted molar refractivity (Wildman–Crippen MR) is 193 cm³/mol. The molecule has 49 heavy (non-hydrogen) atoms. The Morgan fingerprint density at radius 1 is 0.878 bits per heavy atom. The van der Waals surface area contributed by atoms with Crippen LogP contribution in [0.15, 0.2) is 65.7 Å². The monoisotopic (exact) mass is 704 g/mol. The lowest BCUT2D eigenvalue weighted by atomic mass is 9.96. The van der Waals surface area contributed by atoms with Crippen molar-refractivity contribution in [3.8, 4) is 22.4 Å². The number of nitrogens with one attached hydrogen (secondary N) is 3. The second-order valence-electron chi connectivity index (χ2n) is 11.9. The van der Waals surface area contributed by atoms with Gasteiger partial charge in [0.05, 0.1) is 21.4 Å². The molecular weight excluding hydrogens is 667 g/mol. The maximum Gasteiger partial charge on any atom is 0.323 e. The first-order chi connectivity index (χ1) is 23.5. The third-order valence-corrected chi connectivity index (χ3v) is 8.69. The largest absolute Gasteiger partial charge is 0.351 e. The molecule has 1 aliphatic rings.